The number of halogens is 1. The summed E-state index contributed by atoms with van der Waals surface area (Å²) in [5, 5.41) is 5.23. The molecule has 5 nitrogen and oxygen atoms in total. The van der Waals surface area contributed by atoms with Gasteiger partial charge in [0.25, 0.3) is 5.91 Å². The molecule has 0 atom stereocenters. The van der Waals surface area contributed by atoms with Gasteiger partial charge in [-0.3, -0.25) is 10.1 Å². The molecule has 1 amide bonds. The number of benzene rings is 2. The number of hydrogen-bond acceptors (Lipinski definition) is 5. The van der Waals surface area contributed by atoms with Crippen LogP contribution in [-0.2, 0) is 0 Å². The Morgan fingerprint density at radius 1 is 1.16 bits per heavy atom. The summed E-state index contributed by atoms with van der Waals surface area (Å²) >= 11 is 4.81. The number of thiazole rings is 1. The van der Waals surface area contributed by atoms with Crippen molar-refractivity contribution in [1.29, 1.82) is 0 Å². The van der Waals surface area contributed by atoms with Crippen molar-refractivity contribution in [3.05, 3.63) is 57.9 Å². The summed E-state index contributed by atoms with van der Waals surface area (Å²) in [5.41, 5.74) is 2.17. The minimum absolute atomic E-state index is 0.300. The number of nitrogens with zero attached hydrogens (tertiary/aromatic N) is 1. The highest BCUT2D eigenvalue weighted by Crippen LogP contribution is 2.32. The van der Waals surface area contributed by atoms with Crippen molar-refractivity contribution in [3.8, 4) is 22.8 Å². The Labute approximate surface area is 157 Å². The summed E-state index contributed by atoms with van der Waals surface area (Å²) < 4.78 is 11.5. The van der Waals surface area contributed by atoms with E-state index >= 15 is 0 Å². The largest absolute Gasteiger partial charge is 0.493 e. The Kier molecular flexibility index (Phi) is 5.35. The van der Waals surface area contributed by atoms with E-state index in [1.165, 1.54) is 25.6 Å². The number of carbonyl (C=O) groups excluding carboxylic acids is 1. The van der Waals surface area contributed by atoms with Crippen molar-refractivity contribution < 1.29 is 14.3 Å². The molecule has 0 aliphatic carbocycles. The summed E-state index contributed by atoms with van der Waals surface area (Å²) in [6.45, 7) is 0. The Balaban J connectivity index is 1.83. The van der Waals surface area contributed by atoms with E-state index in [0.29, 0.717) is 22.2 Å². The van der Waals surface area contributed by atoms with Crippen LogP contribution in [-0.4, -0.2) is 25.1 Å². The smallest absolute Gasteiger partial charge is 0.261 e. The third-order valence-electron chi connectivity index (χ3n) is 3.49. The van der Waals surface area contributed by atoms with Gasteiger partial charge >= 0.3 is 0 Å². The molecule has 0 aliphatic heterocycles. The van der Waals surface area contributed by atoms with Gasteiger partial charge in [0.1, 0.15) is 0 Å². The van der Waals surface area contributed by atoms with Crippen molar-refractivity contribution in [2.45, 2.75) is 0 Å². The molecule has 1 heterocycles. The number of amides is 1. The fraction of sp³-hybridized carbons (Fsp3) is 0.111. The third kappa shape index (κ3) is 3.83. The standard InChI is InChI=1S/C18H15BrN2O3S/c1-23-15-8-4-7-13(16(15)24-2)17(22)21-18-20-14(10-25-18)11-5-3-6-12(19)9-11/h3-10H,1-2H3,(H,20,21,22). The van der Waals surface area contributed by atoms with Crippen LogP contribution in [0.15, 0.2) is 52.3 Å². The molecule has 1 aromatic heterocycles. The lowest BCUT2D eigenvalue weighted by atomic mass is 10.1. The molecule has 0 aliphatic rings. The molecule has 0 fully saturated rings. The predicted molar refractivity (Wildman–Crippen MR) is 103 cm³/mol. The Hall–Kier alpha value is -2.38. The maximum absolute atomic E-state index is 12.6. The summed E-state index contributed by atoms with van der Waals surface area (Å²) in [4.78, 5) is 17.1. The first-order valence-corrected chi connectivity index (χ1v) is 9.03. The van der Waals surface area contributed by atoms with Crippen LogP contribution in [0, 0.1) is 0 Å². The average molecular weight is 419 g/mol. The topological polar surface area (TPSA) is 60.5 Å². The van der Waals surface area contributed by atoms with Gasteiger partial charge in [-0.15, -0.1) is 11.3 Å². The molecule has 7 heteroatoms. The number of anilines is 1. The minimum Gasteiger partial charge on any atom is -0.493 e. The number of carbonyl (C=O) groups is 1. The minimum atomic E-state index is -0.300. The fourth-order valence-corrected chi connectivity index (χ4v) is 3.46. The molecule has 0 spiro atoms. The van der Waals surface area contributed by atoms with Crippen LogP contribution in [0.5, 0.6) is 11.5 Å². The molecule has 0 radical (unpaired) electrons. The average Bonchev–Trinajstić information content (AvgIpc) is 3.09. The van der Waals surface area contributed by atoms with Crippen molar-refractivity contribution >= 4 is 38.3 Å². The van der Waals surface area contributed by atoms with Gasteiger partial charge in [0, 0.05) is 15.4 Å². The van der Waals surface area contributed by atoms with Crippen LogP contribution < -0.4 is 14.8 Å². The number of nitrogens with one attached hydrogen (secondary N) is 1. The van der Waals surface area contributed by atoms with Crippen LogP contribution in [0.2, 0.25) is 0 Å². The normalized spacial score (nSPS) is 10.4. The molecular weight excluding hydrogens is 404 g/mol. The first kappa shape index (κ1) is 17.4. The summed E-state index contributed by atoms with van der Waals surface area (Å²) in [6, 6.07) is 13.0. The van der Waals surface area contributed by atoms with E-state index in [1.807, 2.05) is 29.6 Å². The predicted octanol–water partition coefficient (Wildman–Crippen LogP) is 4.84. The van der Waals surface area contributed by atoms with Gasteiger partial charge in [-0.1, -0.05) is 34.1 Å². The van der Waals surface area contributed by atoms with E-state index in [9.17, 15) is 4.79 Å². The van der Waals surface area contributed by atoms with Gasteiger partial charge in [0.2, 0.25) is 0 Å². The van der Waals surface area contributed by atoms with E-state index in [2.05, 4.69) is 26.2 Å². The zero-order valence-electron chi connectivity index (χ0n) is 13.6. The van der Waals surface area contributed by atoms with Gasteiger partial charge in [0.15, 0.2) is 16.6 Å². The van der Waals surface area contributed by atoms with E-state index in [-0.39, 0.29) is 5.91 Å². The second-order valence-electron chi connectivity index (χ2n) is 5.04. The fourth-order valence-electron chi connectivity index (χ4n) is 2.34. The summed E-state index contributed by atoms with van der Waals surface area (Å²) in [7, 11) is 3.04. The molecule has 0 saturated carbocycles. The maximum Gasteiger partial charge on any atom is 0.261 e. The zero-order chi connectivity index (χ0) is 17.8. The van der Waals surface area contributed by atoms with Crippen molar-refractivity contribution in [1.82, 2.24) is 4.98 Å². The van der Waals surface area contributed by atoms with Crippen molar-refractivity contribution in [3.63, 3.8) is 0 Å². The van der Waals surface area contributed by atoms with E-state index in [1.54, 1.807) is 18.2 Å². The van der Waals surface area contributed by atoms with Crippen molar-refractivity contribution in [2.75, 3.05) is 19.5 Å². The molecule has 0 bridgehead atoms. The molecule has 3 aromatic rings. The van der Waals surface area contributed by atoms with Gasteiger partial charge < -0.3 is 9.47 Å². The number of methoxy groups -OCH3 is 2. The molecule has 1 N–H and O–H groups in total. The molecule has 0 unspecified atom stereocenters. The van der Waals surface area contributed by atoms with Crippen molar-refractivity contribution in [2.24, 2.45) is 0 Å². The first-order chi connectivity index (χ1) is 12.1. The van der Waals surface area contributed by atoms with E-state index in [0.717, 1.165) is 15.7 Å². The molecule has 2 aromatic carbocycles. The number of aromatic nitrogens is 1. The molecule has 3 rings (SSSR count). The van der Waals surface area contributed by atoms with Crippen LogP contribution in [0.3, 0.4) is 0 Å². The highest BCUT2D eigenvalue weighted by atomic mass is 79.9. The summed E-state index contributed by atoms with van der Waals surface area (Å²) in [5.74, 6) is 0.598. The summed E-state index contributed by atoms with van der Waals surface area (Å²) in [6.07, 6.45) is 0. The number of hydrogen-bond donors (Lipinski definition) is 1. The van der Waals surface area contributed by atoms with Gasteiger partial charge in [-0.25, -0.2) is 4.98 Å². The quantitative estimate of drug-likeness (QED) is 0.643. The number of rotatable bonds is 5. The lowest BCUT2D eigenvalue weighted by molar-refractivity contribution is 0.102. The molecule has 0 saturated heterocycles. The zero-order valence-corrected chi connectivity index (χ0v) is 16.0. The Morgan fingerprint density at radius 3 is 2.68 bits per heavy atom. The molecule has 25 heavy (non-hydrogen) atoms. The lowest BCUT2D eigenvalue weighted by Crippen LogP contribution is -2.13. The van der Waals surface area contributed by atoms with Gasteiger partial charge in [-0.2, -0.15) is 0 Å². The monoisotopic (exact) mass is 418 g/mol. The van der Waals surface area contributed by atoms with Crippen LogP contribution >= 0.6 is 27.3 Å². The van der Waals surface area contributed by atoms with E-state index in [4.69, 9.17) is 9.47 Å². The number of ether oxygens (including phenoxy) is 2. The third-order valence-corrected chi connectivity index (χ3v) is 4.74. The highest BCUT2D eigenvalue weighted by molar-refractivity contribution is 9.10. The SMILES string of the molecule is COc1cccc(C(=O)Nc2nc(-c3cccc(Br)c3)cs2)c1OC. The second-order valence-corrected chi connectivity index (χ2v) is 6.82. The number of para-hydroxylation sites is 1. The van der Waals surface area contributed by atoms with Crippen LogP contribution in [0.4, 0.5) is 5.13 Å². The van der Waals surface area contributed by atoms with Gasteiger partial charge in [-0.05, 0) is 24.3 Å². The van der Waals surface area contributed by atoms with Crippen LogP contribution in [0.25, 0.3) is 11.3 Å². The molecular formula is C18H15BrN2O3S. The van der Waals surface area contributed by atoms with E-state index < -0.39 is 0 Å². The molecule has 128 valence electrons. The second kappa shape index (κ2) is 7.67. The maximum atomic E-state index is 12.6. The first-order valence-electron chi connectivity index (χ1n) is 7.36. The highest BCUT2D eigenvalue weighted by Gasteiger charge is 2.17. The Morgan fingerprint density at radius 2 is 1.96 bits per heavy atom. The van der Waals surface area contributed by atoms with Gasteiger partial charge in [0.05, 0.1) is 25.5 Å². The van der Waals surface area contributed by atoms with Crippen LogP contribution in [0.1, 0.15) is 10.4 Å². The Bertz CT molecular complexity index is 911. The lowest BCUT2D eigenvalue weighted by Gasteiger charge is -2.11.